The summed E-state index contributed by atoms with van der Waals surface area (Å²) < 4.78 is 0. The van der Waals surface area contributed by atoms with Crippen LogP contribution in [0.25, 0.3) is 0 Å². The van der Waals surface area contributed by atoms with Gasteiger partial charge in [0, 0.05) is 13.0 Å². The van der Waals surface area contributed by atoms with Gasteiger partial charge in [0.2, 0.25) is 5.91 Å². The Labute approximate surface area is 91.9 Å². The van der Waals surface area contributed by atoms with E-state index in [0.717, 1.165) is 5.56 Å². The van der Waals surface area contributed by atoms with Gasteiger partial charge in [0.1, 0.15) is 0 Å². The van der Waals surface area contributed by atoms with Crippen LogP contribution in [0.1, 0.15) is 18.4 Å². The second-order valence-corrected chi connectivity index (χ2v) is 3.94. The monoisotopic (exact) mass is 227 g/mol. The van der Waals surface area contributed by atoms with Gasteiger partial charge in [-0.1, -0.05) is 0 Å². The van der Waals surface area contributed by atoms with Crippen molar-refractivity contribution in [2.45, 2.75) is 19.3 Å². The van der Waals surface area contributed by atoms with E-state index in [9.17, 15) is 9.59 Å². The van der Waals surface area contributed by atoms with Crippen LogP contribution in [0.5, 0.6) is 0 Å². The highest BCUT2D eigenvalue weighted by molar-refractivity contribution is 7.07. The number of rotatable bonds is 6. The number of hydrogen-bond acceptors (Lipinski definition) is 3. The molecule has 1 aromatic heterocycles. The van der Waals surface area contributed by atoms with E-state index in [0.29, 0.717) is 19.4 Å². The maximum atomic E-state index is 11.3. The van der Waals surface area contributed by atoms with Crippen LogP contribution in [-0.4, -0.2) is 23.5 Å². The molecule has 0 fully saturated rings. The van der Waals surface area contributed by atoms with Gasteiger partial charge in [0.15, 0.2) is 0 Å². The number of aliphatic carboxylic acids is 1. The van der Waals surface area contributed by atoms with Crippen LogP contribution in [0.2, 0.25) is 0 Å². The number of carboxylic acids is 1. The fraction of sp³-hybridized carbons (Fsp3) is 0.400. The minimum absolute atomic E-state index is 0.0567. The summed E-state index contributed by atoms with van der Waals surface area (Å²) in [6.07, 6.45) is 0.944. The lowest BCUT2D eigenvalue weighted by Gasteiger charge is -2.02. The van der Waals surface area contributed by atoms with Crippen molar-refractivity contribution in [3.8, 4) is 0 Å². The molecule has 0 aliphatic rings. The first-order valence-electron chi connectivity index (χ1n) is 4.68. The number of carbonyl (C=O) groups is 2. The van der Waals surface area contributed by atoms with E-state index >= 15 is 0 Å². The van der Waals surface area contributed by atoms with Gasteiger partial charge < -0.3 is 10.4 Å². The maximum absolute atomic E-state index is 11.3. The Morgan fingerprint density at radius 3 is 2.87 bits per heavy atom. The molecule has 1 heterocycles. The van der Waals surface area contributed by atoms with E-state index in [1.807, 2.05) is 16.8 Å². The molecule has 0 saturated carbocycles. The SMILES string of the molecule is O=C(O)CCCNC(=O)Cc1ccsc1. The van der Waals surface area contributed by atoms with Crippen LogP contribution in [-0.2, 0) is 16.0 Å². The van der Waals surface area contributed by atoms with Crippen LogP contribution in [0, 0.1) is 0 Å². The molecule has 0 atom stereocenters. The van der Waals surface area contributed by atoms with Crippen molar-refractivity contribution >= 4 is 23.2 Å². The number of nitrogens with one attached hydrogen (secondary N) is 1. The lowest BCUT2D eigenvalue weighted by atomic mass is 10.2. The van der Waals surface area contributed by atoms with Crippen LogP contribution < -0.4 is 5.32 Å². The first-order chi connectivity index (χ1) is 7.18. The van der Waals surface area contributed by atoms with Gasteiger partial charge >= 0.3 is 5.97 Å². The molecule has 2 N–H and O–H groups in total. The maximum Gasteiger partial charge on any atom is 0.303 e. The van der Waals surface area contributed by atoms with Crippen LogP contribution >= 0.6 is 11.3 Å². The average Bonchev–Trinajstić information content (AvgIpc) is 2.64. The van der Waals surface area contributed by atoms with Crippen molar-refractivity contribution in [3.63, 3.8) is 0 Å². The number of carbonyl (C=O) groups excluding carboxylic acids is 1. The summed E-state index contributed by atoms with van der Waals surface area (Å²) in [7, 11) is 0. The second kappa shape index (κ2) is 6.19. The number of hydrogen-bond donors (Lipinski definition) is 2. The Balaban J connectivity index is 2.11. The normalized spacial score (nSPS) is 9.87. The topological polar surface area (TPSA) is 66.4 Å². The van der Waals surface area contributed by atoms with Crippen molar-refractivity contribution in [3.05, 3.63) is 22.4 Å². The minimum Gasteiger partial charge on any atom is -0.481 e. The van der Waals surface area contributed by atoms with Gasteiger partial charge in [-0.25, -0.2) is 0 Å². The third-order valence-corrected chi connectivity index (χ3v) is 2.57. The summed E-state index contributed by atoms with van der Waals surface area (Å²) in [5, 5.41) is 14.9. The molecule has 0 saturated heterocycles. The molecule has 4 nitrogen and oxygen atoms in total. The van der Waals surface area contributed by atoms with Crippen molar-refractivity contribution < 1.29 is 14.7 Å². The Morgan fingerprint density at radius 2 is 2.27 bits per heavy atom. The van der Waals surface area contributed by atoms with Gasteiger partial charge in [-0.15, -0.1) is 0 Å². The highest BCUT2D eigenvalue weighted by Gasteiger charge is 2.03. The Hall–Kier alpha value is -1.36. The van der Waals surface area contributed by atoms with Gasteiger partial charge in [0.25, 0.3) is 0 Å². The molecular weight excluding hydrogens is 214 g/mol. The number of carboxylic acid groups (broad SMARTS) is 1. The predicted molar refractivity (Wildman–Crippen MR) is 57.9 cm³/mol. The molecule has 0 bridgehead atoms. The largest absolute Gasteiger partial charge is 0.481 e. The highest BCUT2D eigenvalue weighted by Crippen LogP contribution is 2.06. The quantitative estimate of drug-likeness (QED) is 0.719. The molecule has 82 valence electrons. The molecular formula is C10H13NO3S. The van der Waals surface area contributed by atoms with E-state index in [1.54, 1.807) is 11.3 Å². The fourth-order valence-electron chi connectivity index (χ4n) is 1.11. The first kappa shape index (κ1) is 11.7. The molecule has 0 unspecified atom stereocenters. The summed E-state index contributed by atoms with van der Waals surface area (Å²) >= 11 is 1.56. The molecule has 1 amide bonds. The van der Waals surface area contributed by atoms with Crippen LogP contribution in [0.15, 0.2) is 16.8 Å². The molecule has 15 heavy (non-hydrogen) atoms. The summed E-state index contributed by atoms with van der Waals surface area (Å²) in [6.45, 7) is 0.426. The third kappa shape index (κ3) is 5.17. The summed E-state index contributed by atoms with van der Waals surface area (Å²) in [5.41, 5.74) is 0.996. The Kier molecular flexibility index (Phi) is 4.83. The van der Waals surface area contributed by atoms with E-state index < -0.39 is 5.97 Å². The fourth-order valence-corrected chi connectivity index (χ4v) is 1.78. The number of amides is 1. The van der Waals surface area contributed by atoms with E-state index in [-0.39, 0.29) is 12.3 Å². The third-order valence-electron chi connectivity index (χ3n) is 1.83. The second-order valence-electron chi connectivity index (χ2n) is 3.16. The van der Waals surface area contributed by atoms with Crippen molar-refractivity contribution in [1.82, 2.24) is 5.32 Å². The standard InChI is InChI=1S/C10H13NO3S/c12-9(6-8-3-5-15-7-8)11-4-1-2-10(13)14/h3,5,7H,1-2,4,6H2,(H,11,12)(H,13,14). The van der Waals surface area contributed by atoms with Gasteiger partial charge in [0.05, 0.1) is 6.42 Å². The molecule has 0 aromatic carbocycles. The van der Waals surface area contributed by atoms with E-state index in [2.05, 4.69) is 5.32 Å². The van der Waals surface area contributed by atoms with Crippen LogP contribution in [0.3, 0.4) is 0 Å². The minimum atomic E-state index is -0.831. The zero-order chi connectivity index (χ0) is 11.1. The van der Waals surface area contributed by atoms with Crippen molar-refractivity contribution in [2.75, 3.05) is 6.54 Å². The lowest BCUT2D eigenvalue weighted by molar-refractivity contribution is -0.137. The summed E-state index contributed by atoms with van der Waals surface area (Å²) in [5.74, 6) is -0.888. The predicted octanol–water partition coefficient (Wildman–Crippen LogP) is 1.27. The molecule has 0 radical (unpaired) electrons. The first-order valence-corrected chi connectivity index (χ1v) is 5.62. The Bertz CT molecular complexity index is 321. The lowest BCUT2D eigenvalue weighted by Crippen LogP contribution is -2.26. The average molecular weight is 227 g/mol. The molecule has 5 heteroatoms. The van der Waals surface area contributed by atoms with Gasteiger partial charge in [-0.3, -0.25) is 9.59 Å². The van der Waals surface area contributed by atoms with Gasteiger partial charge in [-0.05, 0) is 28.8 Å². The Morgan fingerprint density at radius 1 is 1.47 bits per heavy atom. The van der Waals surface area contributed by atoms with Crippen molar-refractivity contribution in [2.24, 2.45) is 0 Å². The highest BCUT2D eigenvalue weighted by atomic mass is 32.1. The molecule has 0 spiro atoms. The van der Waals surface area contributed by atoms with Crippen LogP contribution in [0.4, 0.5) is 0 Å². The zero-order valence-corrected chi connectivity index (χ0v) is 9.05. The molecule has 1 aromatic rings. The molecule has 1 rings (SSSR count). The number of thiophene rings is 1. The van der Waals surface area contributed by atoms with Crippen molar-refractivity contribution in [1.29, 1.82) is 0 Å². The summed E-state index contributed by atoms with van der Waals surface area (Å²) in [4.78, 5) is 21.5. The smallest absolute Gasteiger partial charge is 0.303 e. The van der Waals surface area contributed by atoms with Gasteiger partial charge in [-0.2, -0.15) is 11.3 Å². The van der Waals surface area contributed by atoms with E-state index in [4.69, 9.17) is 5.11 Å². The van der Waals surface area contributed by atoms with E-state index in [1.165, 1.54) is 0 Å². The molecule has 0 aliphatic carbocycles. The molecule has 0 aliphatic heterocycles. The summed E-state index contributed by atoms with van der Waals surface area (Å²) in [6, 6.07) is 1.90. The zero-order valence-electron chi connectivity index (χ0n) is 8.23.